The summed E-state index contributed by atoms with van der Waals surface area (Å²) in [6.45, 7) is 6.25. The summed E-state index contributed by atoms with van der Waals surface area (Å²) >= 11 is 5.93. The minimum absolute atomic E-state index is 0.0857. The lowest BCUT2D eigenvalue weighted by Crippen LogP contribution is -3.28. The number of carbonyl (C=O) groups is 1. The van der Waals surface area contributed by atoms with Crippen LogP contribution in [-0.4, -0.2) is 38.6 Å². The predicted molar refractivity (Wildman–Crippen MR) is 92.0 cm³/mol. The van der Waals surface area contributed by atoms with Gasteiger partial charge in [0.15, 0.2) is 6.54 Å². The Labute approximate surface area is 147 Å². The van der Waals surface area contributed by atoms with Gasteiger partial charge in [-0.1, -0.05) is 23.7 Å². The Kier molecular flexibility index (Phi) is 5.91. The van der Waals surface area contributed by atoms with Gasteiger partial charge in [0.2, 0.25) is 0 Å². The molecule has 0 radical (unpaired) electrons. The number of benzene rings is 1. The van der Waals surface area contributed by atoms with Crippen LogP contribution in [0.4, 0.5) is 0 Å². The fraction of sp³-hybridized carbons (Fsp3) is 0.389. The third kappa shape index (κ3) is 5.09. The van der Waals surface area contributed by atoms with Crippen molar-refractivity contribution >= 4 is 17.5 Å². The molecule has 0 atom stereocenters. The van der Waals surface area contributed by atoms with E-state index < -0.39 is 0 Å². The molecule has 24 heavy (non-hydrogen) atoms. The second-order valence-electron chi connectivity index (χ2n) is 6.34. The first kappa shape index (κ1) is 17.0. The summed E-state index contributed by atoms with van der Waals surface area (Å²) in [5.41, 5.74) is 1.31. The Hall–Kier alpha value is -1.82. The van der Waals surface area contributed by atoms with Crippen LogP contribution in [0.1, 0.15) is 11.3 Å². The van der Waals surface area contributed by atoms with Gasteiger partial charge in [0.25, 0.3) is 5.91 Å². The Morgan fingerprint density at radius 1 is 1.08 bits per heavy atom. The summed E-state index contributed by atoms with van der Waals surface area (Å²) in [7, 11) is 0. The number of hydrogen-bond donors (Lipinski definition) is 3. The molecule has 1 saturated heterocycles. The first-order valence-electron chi connectivity index (χ1n) is 8.40. The molecule has 6 heteroatoms. The van der Waals surface area contributed by atoms with Gasteiger partial charge in [-0.3, -0.25) is 4.79 Å². The normalized spacial score (nSPS) is 20.7. The minimum Gasteiger partial charge on any atom is -0.467 e. The molecule has 0 aliphatic carbocycles. The highest BCUT2D eigenvalue weighted by Crippen LogP contribution is 2.08. The summed E-state index contributed by atoms with van der Waals surface area (Å²) in [5, 5.41) is 3.70. The minimum atomic E-state index is 0.0857. The van der Waals surface area contributed by atoms with Crippen LogP contribution in [0.25, 0.3) is 0 Å². The molecule has 5 nitrogen and oxygen atoms in total. The number of furan rings is 1. The third-order valence-electron chi connectivity index (χ3n) is 4.48. The molecule has 3 N–H and O–H groups in total. The number of amides is 1. The number of piperazine rings is 1. The van der Waals surface area contributed by atoms with Crippen molar-refractivity contribution in [3.63, 3.8) is 0 Å². The quantitative estimate of drug-likeness (QED) is 0.660. The van der Waals surface area contributed by atoms with E-state index >= 15 is 0 Å². The Morgan fingerprint density at radius 3 is 2.46 bits per heavy atom. The molecule has 0 saturated carbocycles. The summed E-state index contributed by atoms with van der Waals surface area (Å²) in [5.74, 6) is 0.873. The molecular formula is C18H24ClN3O2+2. The van der Waals surface area contributed by atoms with Crippen molar-refractivity contribution in [3.8, 4) is 0 Å². The van der Waals surface area contributed by atoms with E-state index in [-0.39, 0.29) is 5.91 Å². The first-order chi connectivity index (χ1) is 11.7. The Balaban J connectivity index is 1.37. The lowest BCUT2D eigenvalue weighted by molar-refractivity contribution is -1.02. The van der Waals surface area contributed by atoms with Crippen molar-refractivity contribution in [2.24, 2.45) is 0 Å². The van der Waals surface area contributed by atoms with E-state index in [1.807, 2.05) is 24.3 Å². The topological polar surface area (TPSA) is 51.1 Å². The molecule has 1 aromatic carbocycles. The van der Waals surface area contributed by atoms with Crippen LogP contribution in [0, 0.1) is 0 Å². The molecule has 1 aliphatic heterocycles. The number of hydrogen-bond acceptors (Lipinski definition) is 2. The van der Waals surface area contributed by atoms with Gasteiger partial charge in [-0.25, -0.2) is 0 Å². The second-order valence-corrected chi connectivity index (χ2v) is 6.77. The monoisotopic (exact) mass is 349 g/mol. The first-order valence-corrected chi connectivity index (χ1v) is 8.77. The molecule has 1 aromatic heterocycles. The average molecular weight is 350 g/mol. The van der Waals surface area contributed by atoms with Crippen LogP contribution < -0.4 is 15.1 Å². The zero-order chi connectivity index (χ0) is 16.8. The van der Waals surface area contributed by atoms with Gasteiger partial charge in [0.1, 0.15) is 38.5 Å². The van der Waals surface area contributed by atoms with Gasteiger partial charge in [0, 0.05) is 10.6 Å². The van der Waals surface area contributed by atoms with Gasteiger partial charge >= 0.3 is 0 Å². The molecule has 128 valence electrons. The number of nitrogens with one attached hydrogen (secondary N) is 3. The largest absolute Gasteiger partial charge is 0.467 e. The standard InChI is InChI=1S/C18H22ClN3O2/c19-16-5-3-15(4-6-16)13-21-7-9-22(10-8-21)14-18(23)20-12-17-2-1-11-24-17/h1-6,11H,7-10,12-14H2,(H,20,23)/p+2. The molecule has 1 aliphatic rings. The van der Waals surface area contributed by atoms with Crippen LogP contribution in [0.3, 0.4) is 0 Å². The maximum Gasteiger partial charge on any atom is 0.275 e. The molecule has 0 spiro atoms. The van der Waals surface area contributed by atoms with Gasteiger partial charge < -0.3 is 19.5 Å². The molecular weight excluding hydrogens is 326 g/mol. The highest BCUT2D eigenvalue weighted by atomic mass is 35.5. The van der Waals surface area contributed by atoms with E-state index in [4.69, 9.17) is 16.0 Å². The van der Waals surface area contributed by atoms with Gasteiger partial charge in [-0.2, -0.15) is 0 Å². The van der Waals surface area contributed by atoms with Crippen molar-refractivity contribution in [3.05, 3.63) is 59.0 Å². The molecule has 3 rings (SSSR count). The SMILES string of the molecule is O=C(C[NH+]1CC[NH+](Cc2ccc(Cl)cc2)CC1)NCc1ccco1. The lowest BCUT2D eigenvalue weighted by atomic mass is 10.2. The number of rotatable bonds is 6. The van der Waals surface area contributed by atoms with E-state index in [1.54, 1.807) is 11.2 Å². The van der Waals surface area contributed by atoms with Gasteiger partial charge in [0.05, 0.1) is 12.8 Å². The Morgan fingerprint density at radius 2 is 1.79 bits per heavy atom. The van der Waals surface area contributed by atoms with Gasteiger partial charge in [-0.05, 0) is 24.3 Å². The molecule has 1 fully saturated rings. The molecule has 0 unspecified atom stereocenters. The van der Waals surface area contributed by atoms with Crippen LogP contribution >= 0.6 is 11.6 Å². The summed E-state index contributed by atoms with van der Waals surface area (Å²) < 4.78 is 5.22. The highest BCUT2D eigenvalue weighted by molar-refractivity contribution is 6.30. The van der Waals surface area contributed by atoms with E-state index in [2.05, 4.69) is 17.4 Å². The van der Waals surface area contributed by atoms with E-state index in [9.17, 15) is 4.79 Å². The number of quaternary nitrogens is 2. The van der Waals surface area contributed by atoms with Crippen LogP contribution in [0.5, 0.6) is 0 Å². The number of halogens is 1. The summed E-state index contributed by atoms with van der Waals surface area (Å²) in [4.78, 5) is 14.9. The van der Waals surface area contributed by atoms with E-state index in [0.717, 1.165) is 43.5 Å². The fourth-order valence-electron chi connectivity index (χ4n) is 3.09. The highest BCUT2D eigenvalue weighted by Gasteiger charge is 2.24. The molecule has 0 bridgehead atoms. The zero-order valence-corrected chi connectivity index (χ0v) is 14.4. The summed E-state index contributed by atoms with van der Waals surface area (Å²) in [6.07, 6.45) is 1.62. The van der Waals surface area contributed by atoms with Crippen molar-refractivity contribution in [1.82, 2.24) is 5.32 Å². The maximum absolute atomic E-state index is 12.0. The van der Waals surface area contributed by atoms with Crippen molar-refractivity contribution in [1.29, 1.82) is 0 Å². The van der Waals surface area contributed by atoms with Crippen LogP contribution in [0.15, 0.2) is 47.1 Å². The lowest BCUT2D eigenvalue weighted by Gasteiger charge is -2.29. The maximum atomic E-state index is 12.0. The van der Waals surface area contributed by atoms with Crippen molar-refractivity contribution in [2.45, 2.75) is 13.1 Å². The Bertz CT molecular complexity index is 635. The molecule has 1 amide bonds. The van der Waals surface area contributed by atoms with Crippen LogP contribution in [-0.2, 0) is 17.9 Å². The van der Waals surface area contributed by atoms with E-state index in [1.165, 1.54) is 10.5 Å². The second kappa shape index (κ2) is 8.33. The third-order valence-corrected chi connectivity index (χ3v) is 4.73. The average Bonchev–Trinajstić information content (AvgIpc) is 3.10. The zero-order valence-electron chi connectivity index (χ0n) is 13.7. The predicted octanol–water partition coefficient (Wildman–Crippen LogP) is -0.467. The molecule has 2 aromatic rings. The van der Waals surface area contributed by atoms with Gasteiger partial charge in [-0.15, -0.1) is 0 Å². The van der Waals surface area contributed by atoms with E-state index in [0.29, 0.717) is 13.1 Å². The van der Waals surface area contributed by atoms with Crippen molar-refractivity contribution < 1.29 is 19.0 Å². The van der Waals surface area contributed by atoms with Crippen molar-refractivity contribution in [2.75, 3.05) is 32.7 Å². The van der Waals surface area contributed by atoms with Crippen LogP contribution in [0.2, 0.25) is 5.02 Å². The molecule has 2 heterocycles. The fourth-order valence-corrected chi connectivity index (χ4v) is 3.22. The smallest absolute Gasteiger partial charge is 0.275 e. The summed E-state index contributed by atoms with van der Waals surface area (Å²) in [6, 6.07) is 11.8. The number of carbonyl (C=O) groups excluding carboxylic acids is 1.